The Morgan fingerprint density at radius 2 is 2.00 bits per heavy atom. The molecule has 1 fully saturated rings. The highest BCUT2D eigenvalue weighted by Crippen LogP contribution is 2.29. The van der Waals surface area contributed by atoms with E-state index < -0.39 is 0 Å². The predicted octanol–water partition coefficient (Wildman–Crippen LogP) is 3.25. The topological polar surface area (TPSA) is 41.1 Å². The van der Waals surface area contributed by atoms with E-state index in [0.717, 1.165) is 49.8 Å². The maximum Gasteiger partial charge on any atom is 0.225 e. The molecule has 0 spiro atoms. The van der Waals surface area contributed by atoms with Crippen molar-refractivity contribution in [3.05, 3.63) is 40.5 Å². The molecule has 1 saturated heterocycles. The molecule has 1 aliphatic rings. The summed E-state index contributed by atoms with van der Waals surface area (Å²) in [4.78, 5) is 11.2. The molecule has 21 heavy (non-hydrogen) atoms. The summed E-state index contributed by atoms with van der Waals surface area (Å²) in [6.45, 7) is 3.86. The number of nitrogens with zero attached hydrogens (tertiary/aromatic N) is 3. The van der Waals surface area contributed by atoms with E-state index in [0.29, 0.717) is 10.0 Å². The molecule has 0 bridgehead atoms. The van der Waals surface area contributed by atoms with E-state index in [1.165, 1.54) is 0 Å². The minimum atomic E-state index is 0.640. The van der Waals surface area contributed by atoms with Crippen molar-refractivity contribution < 1.29 is 0 Å². The van der Waals surface area contributed by atoms with Crippen LogP contribution in [0.2, 0.25) is 10.0 Å². The van der Waals surface area contributed by atoms with E-state index in [-0.39, 0.29) is 0 Å². The molecular weight excluding hydrogens is 307 g/mol. The molecule has 1 aromatic carbocycles. The van der Waals surface area contributed by atoms with Gasteiger partial charge in [-0.2, -0.15) is 0 Å². The second-order valence-electron chi connectivity index (χ2n) is 4.96. The molecule has 0 radical (unpaired) electrons. The van der Waals surface area contributed by atoms with E-state index in [1.807, 2.05) is 12.1 Å². The summed E-state index contributed by atoms with van der Waals surface area (Å²) in [5.41, 5.74) is 1.63. The number of aromatic nitrogens is 2. The van der Waals surface area contributed by atoms with E-state index >= 15 is 0 Å². The summed E-state index contributed by atoms with van der Waals surface area (Å²) in [6, 6.07) is 7.25. The number of benzene rings is 1. The average molecular weight is 323 g/mol. The van der Waals surface area contributed by atoms with E-state index in [9.17, 15) is 0 Å². The molecule has 1 aliphatic heterocycles. The Bertz CT molecular complexity index is 625. The molecular formula is C15H16Cl2N4. The van der Waals surface area contributed by atoms with Gasteiger partial charge < -0.3 is 10.2 Å². The standard InChI is InChI=1S/C15H16Cl2N4/c16-11-2-3-13(17)12(10-11)14-4-6-19-15(20-14)21-8-1-5-18-7-9-21/h2-4,6,10,18H,1,5,7-9H2. The highest BCUT2D eigenvalue weighted by atomic mass is 35.5. The van der Waals surface area contributed by atoms with E-state index in [2.05, 4.69) is 20.2 Å². The zero-order valence-corrected chi connectivity index (χ0v) is 13.0. The van der Waals surface area contributed by atoms with Gasteiger partial charge in [0.2, 0.25) is 5.95 Å². The van der Waals surface area contributed by atoms with Gasteiger partial charge in [-0.3, -0.25) is 0 Å². The van der Waals surface area contributed by atoms with Gasteiger partial charge in [-0.1, -0.05) is 23.2 Å². The van der Waals surface area contributed by atoms with Crippen molar-refractivity contribution in [2.24, 2.45) is 0 Å². The second-order valence-corrected chi connectivity index (χ2v) is 5.80. The molecule has 1 N–H and O–H groups in total. The molecule has 6 heteroatoms. The van der Waals surface area contributed by atoms with Crippen LogP contribution in [0.3, 0.4) is 0 Å². The third kappa shape index (κ3) is 3.46. The lowest BCUT2D eigenvalue weighted by Crippen LogP contribution is -2.29. The van der Waals surface area contributed by atoms with E-state index in [1.54, 1.807) is 18.3 Å². The minimum absolute atomic E-state index is 0.640. The molecule has 0 atom stereocenters. The monoisotopic (exact) mass is 322 g/mol. The number of anilines is 1. The first-order chi connectivity index (χ1) is 10.2. The number of rotatable bonds is 2. The maximum absolute atomic E-state index is 6.25. The van der Waals surface area contributed by atoms with Crippen LogP contribution < -0.4 is 10.2 Å². The van der Waals surface area contributed by atoms with Crippen molar-refractivity contribution in [3.63, 3.8) is 0 Å². The lowest BCUT2D eigenvalue weighted by atomic mass is 10.1. The third-order valence-electron chi connectivity index (χ3n) is 3.47. The largest absolute Gasteiger partial charge is 0.339 e. The highest BCUT2D eigenvalue weighted by molar-refractivity contribution is 6.35. The number of nitrogens with one attached hydrogen (secondary N) is 1. The van der Waals surface area contributed by atoms with Gasteiger partial charge in [0.15, 0.2) is 0 Å². The zero-order valence-electron chi connectivity index (χ0n) is 11.5. The first-order valence-electron chi connectivity index (χ1n) is 6.98. The number of hydrogen-bond donors (Lipinski definition) is 1. The Morgan fingerprint density at radius 3 is 2.90 bits per heavy atom. The average Bonchev–Trinajstić information content (AvgIpc) is 2.79. The van der Waals surface area contributed by atoms with Gasteiger partial charge >= 0.3 is 0 Å². The molecule has 110 valence electrons. The fourth-order valence-corrected chi connectivity index (χ4v) is 2.78. The summed E-state index contributed by atoms with van der Waals surface area (Å²) in [7, 11) is 0. The normalized spacial score (nSPS) is 15.8. The van der Waals surface area contributed by atoms with Gasteiger partial charge in [0.05, 0.1) is 10.7 Å². The van der Waals surface area contributed by atoms with Crippen LogP contribution in [0.15, 0.2) is 30.5 Å². The summed E-state index contributed by atoms with van der Waals surface area (Å²) < 4.78 is 0. The fourth-order valence-electron chi connectivity index (χ4n) is 2.39. The van der Waals surface area contributed by atoms with Crippen LogP contribution in [0, 0.1) is 0 Å². The van der Waals surface area contributed by atoms with Crippen molar-refractivity contribution in [2.45, 2.75) is 6.42 Å². The molecule has 2 heterocycles. The Balaban J connectivity index is 1.94. The van der Waals surface area contributed by atoms with Crippen LogP contribution in [0.4, 0.5) is 5.95 Å². The van der Waals surface area contributed by atoms with Gasteiger partial charge in [0.1, 0.15) is 0 Å². The van der Waals surface area contributed by atoms with Crippen molar-refractivity contribution in [1.29, 1.82) is 0 Å². The van der Waals surface area contributed by atoms with Gasteiger partial charge in [-0.25, -0.2) is 9.97 Å². The molecule has 1 aromatic heterocycles. The lowest BCUT2D eigenvalue weighted by molar-refractivity contribution is 0.724. The van der Waals surface area contributed by atoms with Gasteiger partial charge in [-0.05, 0) is 37.2 Å². The van der Waals surface area contributed by atoms with Crippen molar-refractivity contribution in [3.8, 4) is 11.3 Å². The first kappa shape index (κ1) is 14.6. The number of halogens is 2. The quantitative estimate of drug-likeness (QED) is 0.921. The van der Waals surface area contributed by atoms with Crippen molar-refractivity contribution in [2.75, 3.05) is 31.1 Å². The molecule has 0 amide bonds. The Hall–Kier alpha value is -1.36. The molecule has 3 rings (SSSR count). The summed E-state index contributed by atoms with van der Waals surface area (Å²) in [6.07, 6.45) is 2.86. The van der Waals surface area contributed by atoms with Gasteiger partial charge in [0, 0.05) is 36.4 Å². The van der Waals surface area contributed by atoms with Crippen LogP contribution in [0.1, 0.15) is 6.42 Å². The van der Waals surface area contributed by atoms with Crippen LogP contribution in [0.5, 0.6) is 0 Å². The zero-order chi connectivity index (χ0) is 14.7. The first-order valence-corrected chi connectivity index (χ1v) is 7.74. The van der Waals surface area contributed by atoms with Gasteiger partial charge in [-0.15, -0.1) is 0 Å². The van der Waals surface area contributed by atoms with Crippen LogP contribution in [0.25, 0.3) is 11.3 Å². The van der Waals surface area contributed by atoms with Crippen molar-refractivity contribution >= 4 is 29.2 Å². The second kappa shape index (κ2) is 6.60. The predicted molar refractivity (Wildman–Crippen MR) is 87.2 cm³/mol. The lowest BCUT2D eigenvalue weighted by Gasteiger charge is -2.20. The van der Waals surface area contributed by atoms with Gasteiger partial charge in [0.25, 0.3) is 0 Å². The van der Waals surface area contributed by atoms with Crippen molar-refractivity contribution in [1.82, 2.24) is 15.3 Å². The maximum atomic E-state index is 6.25. The molecule has 0 aliphatic carbocycles. The molecule has 0 saturated carbocycles. The van der Waals surface area contributed by atoms with Crippen LogP contribution in [-0.2, 0) is 0 Å². The minimum Gasteiger partial charge on any atom is -0.339 e. The Kier molecular flexibility index (Phi) is 4.58. The van der Waals surface area contributed by atoms with E-state index in [4.69, 9.17) is 23.2 Å². The third-order valence-corrected chi connectivity index (χ3v) is 4.03. The number of hydrogen-bond acceptors (Lipinski definition) is 4. The summed E-state index contributed by atoms with van der Waals surface area (Å²) in [5.74, 6) is 0.743. The smallest absolute Gasteiger partial charge is 0.225 e. The molecule has 0 unspecified atom stereocenters. The Labute approximate surface area is 134 Å². The SMILES string of the molecule is Clc1ccc(Cl)c(-c2ccnc(N3CCCNCC3)n2)c1. The summed E-state index contributed by atoms with van der Waals surface area (Å²) in [5, 5.41) is 4.66. The molecule has 2 aromatic rings. The van der Waals surface area contributed by atoms with Crippen LogP contribution >= 0.6 is 23.2 Å². The highest BCUT2D eigenvalue weighted by Gasteiger charge is 2.14. The molecule has 4 nitrogen and oxygen atoms in total. The summed E-state index contributed by atoms with van der Waals surface area (Å²) >= 11 is 12.3. The fraction of sp³-hybridized carbons (Fsp3) is 0.333. The Morgan fingerprint density at radius 1 is 1.10 bits per heavy atom. The van der Waals surface area contributed by atoms with Crippen LogP contribution in [-0.4, -0.2) is 36.1 Å².